The average molecular weight is 278 g/mol. The van der Waals surface area contributed by atoms with Gasteiger partial charge in [-0.05, 0) is 0 Å². The summed E-state index contributed by atoms with van der Waals surface area (Å²) in [7, 11) is 0.0366. The first kappa shape index (κ1) is 15.8. The summed E-state index contributed by atoms with van der Waals surface area (Å²) in [5.41, 5.74) is -6.49. The van der Waals surface area contributed by atoms with Crippen molar-refractivity contribution in [3.63, 3.8) is 0 Å². The van der Waals surface area contributed by atoms with Crippen LogP contribution in [0.15, 0.2) is 0 Å². The Morgan fingerprint density at radius 3 is 1.35 bits per heavy atom. The minimum absolute atomic E-state index is 0.0366. The third kappa shape index (κ3) is 2.14. The Balaban J connectivity index is 5.92. The molecule has 0 saturated heterocycles. The minimum Gasteiger partial charge on any atom is -0.466 e. The summed E-state index contributed by atoms with van der Waals surface area (Å²) in [6.45, 7) is 0. The second-order valence-electron chi connectivity index (χ2n) is 2.72. The summed E-state index contributed by atoms with van der Waals surface area (Å²) in [4.78, 5) is 10.3. The maximum Gasteiger partial charge on any atom is 0.457 e. The molecule has 0 spiro atoms. The van der Waals surface area contributed by atoms with Crippen LogP contribution < -0.4 is 0 Å². The minimum atomic E-state index is -6.97. The van der Waals surface area contributed by atoms with Gasteiger partial charge in [0.1, 0.15) is 0 Å². The highest BCUT2D eigenvalue weighted by molar-refractivity contribution is 5.82. The van der Waals surface area contributed by atoms with Crippen molar-refractivity contribution in [2.75, 3.05) is 7.11 Å². The highest BCUT2D eigenvalue weighted by atomic mass is 19.4. The lowest BCUT2D eigenvalue weighted by Crippen LogP contribution is -2.66. The first-order valence-corrected chi connectivity index (χ1v) is 3.52. The molecule has 11 heteroatoms. The van der Waals surface area contributed by atoms with Crippen LogP contribution in [0.4, 0.5) is 39.5 Å². The van der Waals surface area contributed by atoms with Crippen LogP contribution in [0.5, 0.6) is 0 Å². The van der Waals surface area contributed by atoms with Crippen LogP contribution in [-0.4, -0.2) is 37.0 Å². The smallest absolute Gasteiger partial charge is 0.457 e. The van der Waals surface area contributed by atoms with Crippen molar-refractivity contribution >= 4 is 5.97 Å². The van der Waals surface area contributed by atoms with Gasteiger partial charge >= 0.3 is 29.9 Å². The van der Waals surface area contributed by atoms with E-state index < -0.39 is 29.9 Å². The van der Waals surface area contributed by atoms with Gasteiger partial charge in [0.15, 0.2) is 0 Å². The van der Waals surface area contributed by atoms with Gasteiger partial charge in [-0.15, -0.1) is 0 Å². The molecule has 2 nitrogen and oxygen atoms in total. The summed E-state index contributed by atoms with van der Waals surface area (Å²) < 4.78 is 111. The van der Waals surface area contributed by atoms with Crippen LogP contribution >= 0.6 is 0 Å². The number of methoxy groups -OCH3 is 1. The Bertz CT molecular complexity index is 304. The lowest BCUT2D eigenvalue weighted by Gasteiger charge is -2.33. The van der Waals surface area contributed by atoms with Crippen molar-refractivity contribution in [1.82, 2.24) is 0 Å². The SMILES string of the molecule is COC(=O)C(F)(C(F)(F)F)C(F)(F)C(F)(F)F. The largest absolute Gasteiger partial charge is 0.466 e. The molecule has 0 amide bonds. The molecule has 1 unspecified atom stereocenters. The predicted octanol–water partition coefficient (Wildman–Crippen LogP) is 2.63. The molecule has 0 N–H and O–H groups in total. The third-order valence-electron chi connectivity index (χ3n) is 1.65. The predicted molar refractivity (Wildman–Crippen MR) is 32.9 cm³/mol. The zero-order valence-corrected chi connectivity index (χ0v) is 7.72. The zero-order valence-electron chi connectivity index (χ0n) is 7.72. The van der Waals surface area contributed by atoms with Gasteiger partial charge < -0.3 is 4.74 Å². The van der Waals surface area contributed by atoms with Gasteiger partial charge in [0, 0.05) is 0 Å². The summed E-state index contributed by atoms with van der Waals surface area (Å²) in [6, 6.07) is 0. The third-order valence-corrected chi connectivity index (χ3v) is 1.65. The van der Waals surface area contributed by atoms with E-state index in [0.29, 0.717) is 0 Å². The molecule has 0 aliphatic carbocycles. The lowest BCUT2D eigenvalue weighted by atomic mass is 9.96. The topological polar surface area (TPSA) is 26.3 Å². The van der Waals surface area contributed by atoms with Gasteiger partial charge in [-0.3, -0.25) is 0 Å². The lowest BCUT2D eigenvalue weighted by molar-refractivity contribution is -0.374. The first-order chi connectivity index (χ1) is 7.23. The van der Waals surface area contributed by atoms with Crippen molar-refractivity contribution in [2.45, 2.75) is 23.9 Å². The van der Waals surface area contributed by atoms with Crippen LogP contribution in [0.3, 0.4) is 0 Å². The molecule has 0 aliphatic rings. The number of hydrogen-bond acceptors (Lipinski definition) is 2. The van der Waals surface area contributed by atoms with Gasteiger partial charge in [-0.1, -0.05) is 0 Å². The zero-order chi connectivity index (χ0) is 14.3. The van der Waals surface area contributed by atoms with E-state index in [1.165, 1.54) is 0 Å². The molecule has 0 heterocycles. The van der Waals surface area contributed by atoms with Crippen molar-refractivity contribution in [2.24, 2.45) is 0 Å². The molecular formula is C6H3F9O2. The standard InChI is InChI=1S/C6H3F9O2/c1-17-2(16)3(7,5(10,11)12)4(8,9)6(13,14)15/h1H3. The molecule has 102 valence electrons. The van der Waals surface area contributed by atoms with E-state index in [0.717, 1.165) is 0 Å². The number of rotatable bonds is 2. The quantitative estimate of drug-likeness (QED) is 0.573. The molecule has 0 rings (SSSR count). The molecule has 0 bridgehead atoms. The fourth-order valence-corrected chi connectivity index (χ4v) is 0.758. The number of halogens is 9. The average Bonchev–Trinajstić information content (AvgIpc) is 2.11. The van der Waals surface area contributed by atoms with Crippen LogP contribution in [0.1, 0.15) is 0 Å². The van der Waals surface area contributed by atoms with E-state index in [2.05, 4.69) is 4.74 Å². The van der Waals surface area contributed by atoms with Crippen molar-refractivity contribution in [1.29, 1.82) is 0 Å². The van der Waals surface area contributed by atoms with Gasteiger partial charge in [-0.2, -0.15) is 35.1 Å². The Kier molecular flexibility index (Phi) is 3.68. The number of hydrogen-bond donors (Lipinski definition) is 0. The second kappa shape index (κ2) is 3.95. The maximum atomic E-state index is 12.9. The Labute approximate surface area is 87.3 Å². The van der Waals surface area contributed by atoms with E-state index in [1.54, 1.807) is 0 Å². The van der Waals surface area contributed by atoms with Gasteiger partial charge in [-0.25, -0.2) is 9.18 Å². The molecule has 1 atom stereocenters. The Morgan fingerprint density at radius 2 is 1.18 bits per heavy atom. The van der Waals surface area contributed by atoms with Crippen molar-refractivity contribution in [3.05, 3.63) is 0 Å². The summed E-state index contributed by atoms with van der Waals surface area (Å²) in [5, 5.41) is 0. The number of alkyl halides is 9. The van der Waals surface area contributed by atoms with Crippen LogP contribution in [0, 0.1) is 0 Å². The number of esters is 1. The van der Waals surface area contributed by atoms with E-state index in [1.807, 2.05) is 0 Å². The number of carbonyl (C=O) groups excluding carboxylic acids is 1. The van der Waals surface area contributed by atoms with E-state index in [4.69, 9.17) is 0 Å². The van der Waals surface area contributed by atoms with Gasteiger partial charge in [0.05, 0.1) is 7.11 Å². The fraction of sp³-hybridized carbons (Fsp3) is 0.833. The monoisotopic (exact) mass is 278 g/mol. The molecule has 0 aromatic carbocycles. The summed E-state index contributed by atoms with van der Waals surface area (Å²) >= 11 is 0. The number of ether oxygens (including phenoxy) is 1. The second-order valence-corrected chi connectivity index (χ2v) is 2.72. The van der Waals surface area contributed by atoms with E-state index in [-0.39, 0.29) is 7.11 Å². The van der Waals surface area contributed by atoms with Crippen LogP contribution in [0.2, 0.25) is 0 Å². The maximum absolute atomic E-state index is 12.9. The molecular weight excluding hydrogens is 275 g/mol. The molecule has 17 heavy (non-hydrogen) atoms. The fourth-order valence-electron chi connectivity index (χ4n) is 0.758. The van der Waals surface area contributed by atoms with Crippen molar-refractivity contribution in [3.8, 4) is 0 Å². The molecule has 0 aromatic rings. The molecule has 0 fully saturated rings. The van der Waals surface area contributed by atoms with Gasteiger partial charge in [0.25, 0.3) is 0 Å². The summed E-state index contributed by atoms with van der Waals surface area (Å²) in [5.74, 6) is -10.3. The highest BCUT2D eigenvalue weighted by Gasteiger charge is 2.85. The molecule has 0 saturated carbocycles. The summed E-state index contributed by atoms with van der Waals surface area (Å²) in [6.07, 6.45) is -13.7. The van der Waals surface area contributed by atoms with E-state index in [9.17, 15) is 44.3 Å². The van der Waals surface area contributed by atoms with E-state index >= 15 is 0 Å². The number of carbonyl (C=O) groups is 1. The first-order valence-electron chi connectivity index (χ1n) is 3.52. The molecule has 0 aromatic heterocycles. The molecule has 0 aliphatic heterocycles. The highest BCUT2D eigenvalue weighted by Crippen LogP contribution is 2.53. The molecule has 0 radical (unpaired) electrons. The Morgan fingerprint density at radius 1 is 0.824 bits per heavy atom. The van der Waals surface area contributed by atoms with Gasteiger partial charge in [0.2, 0.25) is 0 Å². The van der Waals surface area contributed by atoms with Crippen LogP contribution in [-0.2, 0) is 9.53 Å². The van der Waals surface area contributed by atoms with Crippen molar-refractivity contribution < 1.29 is 49.0 Å². The van der Waals surface area contributed by atoms with Crippen LogP contribution in [0.25, 0.3) is 0 Å². The normalized spacial score (nSPS) is 17.5. The Hall–Kier alpha value is -1.16.